The lowest BCUT2D eigenvalue weighted by Gasteiger charge is -2.08. The number of esters is 1. The van der Waals surface area contributed by atoms with Crippen LogP contribution in [0, 0.1) is 5.82 Å². The number of halogens is 1. The van der Waals surface area contributed by atoms with Crippen LogP contribution in [0.3, 0.4) is 0 Å². The molecule has 0 bridgehead atoms. The lowest BCUT2D eigenvalue weighted by molar-refractivity contribution is -0.144. The molecule has 3 rings (SSSR count). The molecule has 0 atom stereocenters. The Kier molecular flexibility index (Phi) is 5.32. The second-order valence-corrected chi connectivity index (χ2v) is 7.93. The van der Waals surface area contributed by atoms with Crippen molar-refractivity contribution < 1.29 is 22.3 Å². The third kappa shape index (κ3) is 4.26. The molecule has 0 aliphatic carbocycles. The molecule has 0 fully saturated rings. The van der Waals surface area contributed by atoms with E-state index < -0.39 is 21.6 Å². The monoisotopic (exact) mass is 372 g/mol. The van der Waals surface area contributed by atoms with Gasteiger partial charge < -0.3 is 4.74 Å². The van der Waals surface area contributed by atoms with Gasteiger partial charge in [-0.25, -0.2) is 12.8 Å². The Hall–Kier alpha value is -2.73. The zero-order valence-electron chi connectivity index (χ0n) is 13.9. The van der Waals surface area contributed by atoms with Crippen LogP contribution in [0.1, 0.15) is 12.0 Å². The fraction of sp³-hybridized carbons (Fsp3) is 0.150. The standard InChI is InChI=1S/C20H17FO4S/c21-17-8-10-18(11-9-17)26(23,24)13-12-20(22)25-14-16-6-3-5-15-4-1-2-7-19(15)16/h1-11H,12-14H2. The summed E-state index contributed by atoms with van der Waals surface area (Å²) in [4.78, 5) is 11.9. The number of fused-ring (bicyclic) bond motifs is 1. The summed E-state index contributed by atoms with van der Waals surface area (Å²) in [6.07, 6.45) is -0.259. The van der Waals surface area contributed by atoms with Gasteiger partial charge in [-0.1, -0.05) is 42.5 Å². The summed E-state index contributed by atoms with van der Waals surface area (Å²) in [6, 6.07) is 18.0. The summed E-state index contributed by atoms with van der Waals surface area (Å²) in [5.41, 5.74) is 0.859. The van der Waals surface area contributed by atoms with Crippen LogP contribution in [0.2, 0.25) is 0 Å². The van der Waals surface area contributed by atoms with Crippen molar-refractivity contribution in [3.63, 3.8) is 0 Å². The minimum Gasteiger partial charge on any atom is -0.461 e. The third-order valence-corrected chi connectivity index (χ3v) is 5.75. The fourth-order valence-electron chi connectivity index (χ4n) is 2.63. The quantitative estimate of drug-likeness (QED) is 0.487. The maximum Gasteiger partial charge on any atom is 0.307 e. The molecule has 0 N–H and O–H groups in total. The Labute approximate surface area is 151 Å². The molecule has 6 heteroatoms. The molecule has 0 aliphatic rings. The van der Waals surface area contributed by atoms with Crippen molar-refractivity contribution in [3.8, 4) is 0 Å². The van der Waals surface area contributed by atoms with Crippen LogP contribution in [0.5, 0.6) is 0 Å². The van der Waals surface area contributed by atoms with Crippen LogP contribution in [0.25, 0.3) is 10.8 Å². The highest BCUT2D eigenvalue weighted by Crippen LogP contribution is 2.19. The Morgan fingerprint density at radius 3 is 2.38 bits per heavy atom. The molecule has 0 spiro atoms. The van der Waals surface area contributed by atoms with E-state index >= 15 is 0 Å². The van der Waals surface area contributed by atoms with Crippen LogP contribution >= 0.6 is 0 Å². The van der Waals surface area contributed by atoms with E-state index in [1.165, 1.54) is 12.1 Å². The van der Waals surface area contributed by atoms with E-state index in [1.54, 1.807) is 0 Å². The first-order valence-corrected chi connectivity index (χ1v) is 9.71. The van der Waals surface area contributed by atoms with Gasteiger partial charge in [-0.15, -0.1) is 0 Å². The minimum absolute atomic E-state index is 0.0132. The van der Waals surface area contributed by atoms with Crippen molar-refractivity contribution in [2.75, 3.05) is 5.75 Å². The normalized spacial score (nSPS) is 11.4. The molecule has 0 radical (unpaired) electrons. The van der Waals surface area contributed by atoms with Crippen LogP contribution in [0.15, 0.2) is 71.6 Å². The number of hydrogen-bond donors (Lipinski definition) is 0. The van der Waals surface area contributed by atoms with E-state index in [0.717, 1.165) is 28.5 Å². The lowest BCUT2D eigenvalue weighted by atomic mass is 10.1. The van der Waals surface area contributed by atoms with Gasteiger partial charge in [-0.3, -0.25) is 4.79 Å². The molecule has 0 aromatic heterocycles. The van der Waals surface area contributed by atoms with Gasteiger partial charge in [0.25, 0.3) is 0 Å². The minimum atomic E-state index is -3.66. The molecule has 26 heavy (non-hydrogen) atoms. The summed E-state index contributed by atoms with van der Waals surface area (Å²) in [5.74, 6) is -1.49. The van der Waals surface area contributed by atoms with E-state index in [2.05, 4.69) is 0 Å². The van der Waals surface area contributed by atoms with E-state index in [9.17, 15) is 17.6 Å². The molecule has 3 aromatic rings. The largest absolute Gasteiger partial charge is 0.461 e. The van der Waals surface area contributed by atoms with Gasteiger partial charge >= 0.3 is 5.97 Å². The summed E-state index contributed by atoms with van der Waals surface area (Å²) in [7, 11) is -3.66. The van der Waals surface area contributed by atoms with Crippen molar-refractivity contribution in [3.05, 3.63) is 78.1 Å². The number of ether oxygens (including phenoxy) is 1. The highest BCUT2D eigenvalue weighted by atomic mass is 32.2. The first kappa shape index (κ1) is 18.1. The maximum atomic E-state index is 12.9. The van der Waals surface area contributed by atoms with E-state index in [-0.39, 0.29) is 23.7 Å². The SMILES string of the molecule is O=C(CCS(=O)(=O)c1ccc(F)cc1)OCc1cccc2ccccc12. The van der Waals surface area contributed by atoms with Crippen molar-refractivity contribution in [2.24, 2.45) is 0 Å². The van der Waals surface area contributed by atoms with Crippen LogP contribution in [-0.2, 0) is 26.0 Å². The third-order valence-electron chi connectivity index (χ3n) is 4.02. The number of carbonyl (C=O) groups is 1. The van der Waals surface area contributed by atoms with Crippen molar-refractivity contribution in [1.82, 2.24) is 0 Å². The average molecular weight is 372 g/mol. The van der Waals surface area contributed by atoms with E-state index in [1.807, 2.05) is 42.5 Å². The second-order valence-electron chi connectivity index (χ2n) is 5.82. The van der Waals surface area contributed by atoms with Crippen LogP contribution in [-0.4, -0.2) is 20.1 Å². The van der Waals surface area contributed by atoms with E-state index in [4.69, 9.17) is 4.74 Å². The highest BCUT2D eigenvalue weighted by Gasteiger charge is 2.17. The predicted molar refractivity (Wildman–Crippen MR) is 96.8 cm³/mol. The van der Waals surface area contributed by atoms with Gasteiger partial charge in [0.2, 0.25) is 0 Å². The lowest BCUT2D eigenvalue weighted by Crippen LogP contribution is -2.13. The highest BCUT2D eigenvalue weighted by molar-refractivity contribution is 7.91. The van der Waals surface area contributed by atoms with Crippen molar-refractivity contribution in [1.29, 1.82) is 0 Å². The number of hydrogen-bond acceptors (Lipinski definition) is 4. The second kappa shape index (κ2) is 7.66. The molecule has 0 aliphatic heterocycles. The van der Waals surface area contributed by atoms with Gasteiger partial charge in [0, 0.05) is 0 Å². The molecular formula is C20H17FO4S. The van der Waals surface area contributed by atoms with Gasteiger partial charge in [0.15, 0.2) is 9.84 Å². The summed E-state index contributed by atoms with van der Waals surface area (Å²) in [5, 5.41) is 2.03. The van der Waals surface area contributed by atoms with Crippen LogP contribution < -0.4 is 0 Å². The number of sulfone groups is 1. The van der Waals surface area contributed by atoms with Gasteiger partial charge in [0.05, 0.1) is 17.1 Å². The molecule has 0 saturated heterocycles. The van der Waals surface area contributed by atoms with Gasteiger partial charge in [-0.2, -0.15) is 0 Å². The molecule has 4 nitrogen and oxygen atoms in total. The molecular weight excluding hydrogens is 355 g/mol. The van der Waals surface area contributed by atoms with Gasteiger partial charge in [-0.05, 0) is 40.6 Å². The molecule has 0 heterocycles. The molecule has 0 saturated carbocycles. The zero-order valence-corrected chi connectivity index (χ0v) is 14.7. The summed E-state index contributed by atoms with van der Waals surface area (Å²) >= 11 is 0. The van der Waals surface area contributed by atoms with Crippen molar-refractivity contribution in [2.45, 2.75) is 17.9 Å². The maximum absolute atomic E-state index is 12.9. The smallest absolute Gasteiger partial charge is 0.307 e. The van der Waals surface area contributed by atoms with E-state index in [0.29, 0.717) is 0 Å². The number of benzene rings is 3. The predicted octanol–water partition coefficient (Wildman–Crippen LogP) is 3.89. The van der Waals surface area contributed by atoms with Crippen molar-refractivity contribution >= 4 is 26.6 Å². The molecule has 0 amide bonds. The summed E-state index contributed by atoms with van der Waals surface area (Å²) in [6.45, 7) is 0.0801. The average Bonchev–Trinajstić information content (AvgIpc) is 2.65. The Morgan fingerprint density at radius 1 is 0.923 bits per heavy atom. The number of carbonyl (C=O) groups excluding carboxylic acids is 1. The van der Waals surface area contributed by atoms with Crippen LogP contribution in [0.4, 0.5) is 4.39 Å². The Morgan fingerprint density at radius 2 is 1.62 bits per heavy atom. The zero-order chi connectivity index (χ0) is 18.6. The Balaban J connectivity index is 1.60. The summed E-state index contributed by atoms with van der Waals surface area (Å²) < 4.78 is 42.4. The van der Waals surface area contributed by atoms with Gasteiger partial charge in [0.1, 0.15) is 12.4 Å². The first-order valence-electron chi connectivity index (χ1n) is 8.06. The Bertz CT molecular complexity index is 1020. The fourth-order valence-corrected chi connectivity index (χ4v) is 3.85. The number of rotatable bonds is 6. The topological polar surface area (TPSA) is 60.4 Å². The molecule has 134 valence electrons. The molecule has 3 aromatic carbocycles. The first-order chi connectivity index (χ1) is 12.5. The molecule has 0 unspecified atom stereocenters.